The smallest absolute Gasteiger partial charge is 0.235 e. The molecule has 3 heterocycles. The summed E-state index contributed by atoms with van der Waals surface area (Å²) in [7, 11) is 0. The number of aliphatic hydroxyl groups excluding tert-OH is 1. The number of hydrogen-bond donors (Lipinski definition) is 2. The van der Waals surface area contributed by atoms with Crippen LogP contribution in [0.2, 0.25) is 0 Å². The maximum Gasteiger partial charge on any atom is 0.235 e. The molecule has 2 aromatic rings. The predicted octanol–water partition coefficient (Wildman–Crippen LogP) is 3.23. The lowest BCUT2D eigenvalue weighted by Crippen LogP contribution is -2.38. The van der Waals surface area contributed by atoms with Crippen LogP contribution in [0.25, 0.3) is 6.08 Å². The van der Waals surface area contributed by atoms with Crippen molar-refractivity contribution in [2.75, 3.05) is 0 Å². The fraction of sp³-hybridized carbons (Fsp3) is 0.167. The normalized spacial score (nSPS) is 22.2. The van der Waals surface area contributed by atoms with E-state index in [1.807, 2.05) is 0 Å². The molecule has 160 valence electrons. The van der Waals surface area contributed by atoms with Crippen LogP contribution in [0.3, 0.4) is 0 Å². The van der Waals surface area contributed by atoms with E-state index in [1.54, 1.807) is 37.5 Å². The topological polar surface area (TPSA) is 123 Å². The van der Waals surface area contributed by atoms with Gasteiger partial charge >= 0.3 is 0 Å². The zero-order chi connectivity index (χ0) is 22.9. The molecule has 0 fully saturated rings. The van der Waals surface area contributed by atoms with Crippen molar-refractivity contribution < 1.29 is 34.1 Å². The van der Waals surface area contributed by atoms with Gasteiger partial charge in [0.15, 0.2) is 23.1 Å². The second-order valence-electron chi connectivity index (χ2n) is 7.98. The number of fused-ring (bicyclic) bond motifs is 5. The maximum absolute atomic E-state index is 13.3. The van der Waals surface area contributed by atoms with E-state index in [0.29, 0.717) is 5.56 Å². The van der Waals surface area contributed by atoms with Gasteiger partial charge in [0.05, 0.1) is 5.56 Å². The number of aliphatic hydroxyl groups is 1. The zero-order valence-corrected chi connectivity index (χ0v) is 17.3. The van der Waals surface area contributed by atoms with Crippen molar-refractivity contribution in [3.8, 4) is 17.2 Å². The van der Waals surface area contributed by atoms with Gasteiger partial charge in [-0.2, -0.15) is 0 Å². The molecule has 8 nitrogen and oxygen atoms in total. The number of phenols is 1. The molecular weight excluding hydrogens is 414 g/mol. The Hall–Kier alpha value is -4.20. The minimum absolute atomic E-state index is 0.0162. The number of pyridine rings is 1. The van der Waals surface area contributed by atoms with E-state index in [1.165, 1.54) is 19.9 Å². The Labute approximate surface area is 182 Å². The summed E-state index contributed by atoms with van der Waals surface area (Å²) >= 11 is 0. The van der Waals surface area contributed by atoms with Crippen LogP contribution in [0, 0.1) is 6.92 Å². The van der Waals surface area contributed by atoms with E-state index >= 15 is 0 Å². The number of allylic oxidation sites excluding steroid dienone is 4. The van der Waals surface area contributed by atoms with Gasteiger partial charge in [-0.05, 0) is 44.5 Å². The number of aromatic hydroxyl groups is 1. The van der Waals surface area contributed by atoms with Crippen LogP contribution in [-0.2, 0) is 15.0 Å². The highest BCUT2D eigenvalue weighted by Crippen LogP contribution is 2.59. The molecule has 1 aromatic heterocycles. The first-order valence-corrected chi connectivity index (χ1v) is 9.79. The third-order valence-electron chi connectivity index (χ3n) is 6.04. The van der Waals surface area contributed by atoms with Gasteiger partial charge in [-0.3, -0.25) is 19.4 Å². The number of aromatic nitrogens is 1. The number of hydrogen-bond acceptors (Lipinski definition) is 8. The Balaban J connectivity index is 1.72. The Bertz CT molecular complexity index is 1360. The number of carbonyl (C=O) groups is 3. The molecule has 8 heteroatoms. The standard InChI is InChI=1S/C24H17NO7/c1-10-19(28)18-22(32-15-9-13(27)16(11(2)26)23(30)24(15,18)3)17-20(29)14(31-21(10)17)8-12-4-6-25-7-5-12/h4-9,27-28H,1-3H3/b14-8-/t24-/m0/s1. The molecule has 1 aromatic carbocycles. The lowest BCUT2D eigenvalue weighted by atomic mass is 9.71. The van der Waals surface area contributed by atoms with Crippen LogP contribution in [0.4, 0.5) is 0 Å². The summed E-state index contributed by atoms with van der Waals surface area (Å²) in [6.07, 6.45) is 5.87. The van der Waals surface area contributed by atoms with Crippen LogP contribution >= 0.6 is 0 Å². The first kappa shape index (κ1) is 19.7. The number of ketones is 3. The number of benzene rings is 1. The second kappa shape index (κ2) is 6.40. The maximum atomic E-state index is 13.3. The first-order valence-electron chi connectivity index (χ1n) is 9.79. The molecule has 0 unspecified atom stereocenters. The Morgan fingerprint density at radius 2 is 1.81 bits per heavy atom. The van der Waals surface area contributed by atoms with Crippen molar-refractivity contribution in [2.45, 2.75) is 26.2 Å². The van der Waals surface area contributed by atoms with Crippen molar-refractivity contribution in [3.63, 3.8) is 0 Å². The van der Waals surface area contributed by atoms with Crippen molar-refractivity contribution in [1.82, 2.24) is 4.98 Å². The van der Waals surface area contributed by atoms with Gasteiger partial charge in [0, 0.05) is 24.0 Å². The molecule has 0 radical (unpaired) electrons. The average molecular weight is 431 g/mol. The van der Waals surface area contributed by atoms with Crippen molar-refractivity contribution in [3.05, 3.63) is 75.7 Å². The van der Waals surface area contributed by atoms with Crippen molar-refractivity contribution in [1.29, 1.82) is 0 Å². The van der Waals surface area contributed by atoms with Crippen LogP contribution in [-0.4, -0.2) is 32.5 Å². The van der Waals surface area contributed by atoms with E-state index in [9.17, 15) is 24.6 Å². The first-order chi connectivity index (χ1) is 15.2. The quantitative estimate of drug-likeness (QED) is 0.549. The molecule has 0 saturated heterocycles. The summed E-state index contributed by atoms with van der Waals surface area (Å²) in [5, 5.41) is 21.3. The molecular formula is C24H17NO7. The summed E-state index contributed by atoms with van der Waals surface area (Å²) in [5.74, 6) is -2.45. The van der Waals surface area contributed by atoms with Crippen molar-refractivity contribution in [2.24, 2.45) is 0 Å². The molecule has 1 atom stereocenters. The van der Waals surface area contributed by atoms with Gasteiger partial charge in [-0.25, -0.2) is 0 Å². The highest BCUT2D eigenvalue weighted by atomic mass is 16.5. The molecule has 0 bridgehead atoms. The average Bonchev–Trinajstić information content (AvgIpc) is 3.22. The molecule has 0 spiro atoms. The number of rotatable bonds is 2. The predicted molar refractivity (Wildman–Crippen MR) is 111 cm³/mol. The van der Waals surface area contributed by atoms with Gasteiger partial charge in [0.1, 0.15) is 39.6 Å². The van der Waals surface area contributed by atoms with Crippen LogP contribution in [0.1, 0.15) is 40.9 Å². The highest BCUT2D eigenvalue weighted by molar-refractivity contribution is 6.26. The summed E-state index contributed by atoms with van der Waals surface area (Å²) < 4.78 is 11.7. The summed E-state index contributed by atoms with van der Waals surface area (Å²) in [4.78, 5) is 42.5. The van der Waals surface area contributed by atoms with Gasteiger partial charge < -0.3 is 19.7 Å². The Morgan fingerprint density at radius 3 is 2.47 bits per heavy atom. The van der Waals surface area contributed by atoms with Crippen LogP contribution in [0.15, 0.2) is 53.5 Å². The van der Waals surface area contributed by atoms with E-state index in [0.717, 1.165) is 0 Å². The number of ether oxygens (including phenoxy) is 2. The third kappa shape index (κ3) is 2.37. The zero-order valence-electron chi connectivity index (χ0n) is 17.3. The second-order valence-corrected chi connectivity index (χ2v) is 7.98. The Morgan fingerprint density at radius 1 is 1.12 bits per heavy atom. The fourth-order valence-electron chi connectivity index (χ4n) is 4.34. The Kier molecular flexibility index (Phi) is 3.95. The summed E-state index contributed by atoms with van der Waals surface area (Å²) in [6.45, 7) is 4.22. The van der Waals surface area contributed by atoms with E-state index < -0.39 is 28.5 Å². The molecule has 3 aliphatic rings. The van der Waals surface area contributed by atoms with Gasteiger partial charge in [-0.1, -0.05) is 0 Å². The number of carbonyl (C=O) groups excluding carboxylic acids is 3. The van der Waals surface area contributed by atoms with Crippen LogP contribution in [0.5, 0.6) is 17.2 Å². The fourth-order valence-corrected chi connectivity index (χ4v) is 4.34. The van der Waals surface area contributed by atoms with Gasteiger partial charge in [0.2, 0.25) is 5.78 Å². The van der Waals surface area contributed by atoms with Crippen molar-refractivity contribution >= 4 is 23.4 Å². The number of Topliss-reactive ketones (excluding diaryl/α,β-unsaturated/α-hetero) is 3. The van der Waals surface area contributed by atoms with E-state index in [-0.39, 0.29) is 51.0 Å². The molecule has 5 rings (SSSR count). The molecule has 1 aliphatic carbocycles. The minimum Gasteiger partial charge on any atom is -0.507 e. The monoisotopic (exact) mass is 431 g/mol. The SMILES string of the molecule is CC(=O)C1=C(O)C=C2Oc3c4c(c(C)c(O)c3[C@@]2(C)C1=O)O/C(=C\c1ccncc1)C4=O. The largest absolute Gasteiger partial charge is 0.507 e. The molecule has 32 heavy (non-hydrogen) atoms. The summed E-state index contributed by atoms with van der Waals surface area (Å²) in [5.41, 5.74) is -0.876. The van der Waals surface area contributed by atoms with Gasteiger partial charge in [0.25, 0.3) is 0 Å². The molecule has 2 aliphatic heterocycles. The molecule has 2 N–H and O–H groups in total. The number of nitrogens with zero attached hydrogens (tertiary/aromatic N) is 1. The summed E-state index contributed by atoms with van der Waals surface area (Å²) in [6, 6.07) is 3.41. The molecule has 0 saturated carbocycles. The van der Waals surface area contributed by atoms with Gasteiger partial charge in [-0.15, -0.1) is 0 Å². The number of phenolic OH excluding ortho intramolecular Hbond substituents is 1. The highest BCUT2D eigenvalue weighted by Gasteiger charge is 2.56. The van der Waals surface area contributed by atoms with E-state index in [2.05, 4.69) is 4.98 Å². The lowest BCUT2D eigenvalue weighted by molar-refractivity contribution is -0.123. The molecule has 0 amide bonds. The minimum atomic E-state index is -1.58. The lowest BCUT2D eigenvalue weighted by Gasteiger charge is -2.27. The van der Waals surface area contributed by atoms with Crippen LogP contribution < -0.4 is 9.47 Å². The van der Waals surface area contributed by atoms with E-state index in [4.69, 9.17) is 9.47 Å². The third-order valence-corrected chi connectivity index (χ3v) is 6.04.